The molecule has 1 aliphatic rings. The summed E-state index contributed by atoms with van der Waals surface area (Å²) in [7, 11) is 0. The monoisotopic (exact) mass is 301 g/mol. The van der Waals surface area contributed by atoms with Crippen LogP contribution in [0.15, 0.2) is 18.2 Å². The number of nitrogens with one attached hydrogen (secondary N) is 1. The normalized spacial score (nSPS) is 19.4. The van der Waals surface area contributed by atoms with E-state index in [2.05, 4.69) is 5.32 Å². The van der Waals surface area contributed by atoms with E-state index in [1.807, 2.05) is 6.92 Å². The average Bonchev–Trinajstić information content (AvgIpc) is 2.39. The number of urea groups is 1. The minimum Gasteiger partial charge on any atom is -0.398 e. The first-order chi connectivity index (χ1) is 9.77. The third-order valence-electron chi connectivity index (χ3n) is 3.55. The zero-order valence-electron chi connectivity index (χ0n) is 11.7. The first-order valence-corrected chi connectivity index (χ1v) is 6.80. The third kappa shape index (κ3) is 3.80. The highest BCUT2D eigenvalue weighted by Crippen LogP contribution is 2.35. The van der Waals surface area contributed by atoms with E-state index in [0.29, 0.717) is 19.0 Å². The number of alkyl halides is 3. The van der Waals surface area contributed by atoms with Gasteiger partial charge in [0.05, 0.1) is 5.56 Å². The Bertz CT molecular complexity index is 531. The molecule has 4 nitrogen and oxygen atoms in total. The van der Waals surface area contributed by atoms with Crippen molar-refractivity contribution in [3.05, 3.63) is 23.8 Å². The van der Waals surface area contributed by atoms with Crippen LogP contribution in [-0.4, -0.2) is 24.0 Å². The molecule has 0 aliphatic carbocycles. The van der Waals surface area contributed by atoms with Crippen LogP contribution in [-0.2, 0) is 6.18 Å². The Morgan fingerprint density at radius 3 is 2.76 bits per heavy atom. The van der Waals surface area contributed by atoms with Gasteiger partial charge in [0, 0.05) is 24.5 Å². The van der Waals surface area contributed by atoms with Gasteiger partial charge in [-0.05, 0) is 37.0 Å². The molecule has 3 N–H and O–H groups in total. The van der Waals surface area contributed by atoms with Crippen LogP contribution < -0.4 is 11.1 Å². The number of likely N-dealkylation sites (tertiary alicyclic amines) is 1. The number of nitrogens with zero attached hydrogens (tertiary/aromatic N) is 1. The standard InChI is InChI=1S/C14H18F3N3O/c1-9-3-2-6-20(8-9)13(21)19-10-4-5-12(18)11(7-10)14(15,16)17/h4-5,7,9H,2-3,6,8,18H2,1H3,(H,19,21). The van der Waals surface area contributed by atoms with Gasteiger partial charge in [-0.1, -0.05) is 6.92 Å². The predicted octanol–water partition coefficient (Wildman–Crippen LogP) is 3.55. The molecule has 0 spiro atoms. The minimum atomic E-state index is -4.54. The third-order valence-corrected chi connectivity index (χ3v) is 3.55. The molecule has 1 fully saturated rings. The van der Waals surface area contributed by atoms with Gasteiger partial charge in [-0.15, -0.1) is 0 Å². The second-order valence-corrected chi connectivity index (χ2v) is 5.42. The van der Waals surface area contributed by atoms with E-state index in [4.69, 9.17) is 5.73 Å². The lowest BCUT2D eigenvalue weighted by Crippen LogP contribution is -2.41. The topological polar surface area (TPSA) is 58.4 Å². The fourth-order valence-electron chi connectivity index (χ4n) is 2.46. The highest BCUT2D eigenvalue weighted by Gasteiger charge is 2.33. The Hall–Kier alpha value is -1.92. The van der Waals surface area contributed by atoms with Crippen LogP contribution in [0.4, 0.5) is 29.3 Å². The number of piperidine rings is 1. The van der Waals surface area contributed by atoms with Crippen molar-refractivity contribution in [3.63, 3.8) is 0 Å². The molecule has 0 bridgehead atoms. The van der Waals surface area contributed by atoms with E-state index in [0.717, 1.165) is 25.0 Å². The molecule has 0 aromatic heterocycles. The largest absolute Gasteiger partial charge is 0.418 e. The number of anilines is 2. The molecule has 7 heteroatoms. The SMILES string of the molecule is CC1CCCN(C(=O)Nc2ccc(N)c(C(F)(F)F)c2)C1. The van der Waals surface area contributed by atoms with Gasteiger partial charge < -0.3 is 16.0 Å². The molecule has 1 saturated heterocycles. The number of hydrogen-bond donors (Lipinski definition) is 2. The van der Waals surface area contributed by atoms with Crippen LogP contribution in [0, 0.1) is 5.92 Å². The van der Waals surface area contributed by atoms with Gasteiger partial charge in [-0.2, -0.15) is 13.2 Å². The highest BCUT2D eigenvalue weighted by atomic mass is 19.4. The number of nitrogen functional groups attached to an aromatic ring is 1. The quantitative estimate of drug-likeness (QED) is 0.779. The Balaban J connectivity index is 2.11. The number of hydrogen-bond acceptors (Lipinski definition) is 2. The van der Waals surface area contributed by atoms with Crippen molar-refractivity contribution in [1.29, 1.82) is 0 Å². The van der Waals surface area contributed by atoms with Gasteiger partial charge >= 0.3 is 12.2 Å². The van der Waals surface area contributed by atoms with Gasteiger partial charge in [0.15, 0.2) is 0 Å². The molecule has 0 radical (unpaired) electrons. The summed E-state index contributed by atoms with van der Waals surface area (Å²) in [5.41, 5.74) is 4.13. The van der Waals surface area contributed by atoms with Crippen LogP contribution in [0.25, 0.3) is 0 Å². The van der Waals surface area contributed by atoms with Crippen molar-refractivity contribution in [3.8, 4) is 0 Å². The molecule has 1 unspecified atom stereocenters. The first-order valence-electron chi connectivity index (χ1n) is 6.80. The molecule has 2 rings (SSSR count). The van der Waals surface area contributed by atoms with Crippen LogP contribution in [0.1, 0.15) is 25.3 Å². The summed E-state index contributed by atoms with van der Waals surface area (Å²) in [4.78, 5) is 13.7. The molecule has 1 aliphatic heterocycles. The number of nitrogens with two attached hydrogens (primary N) is 1. The maximum absolute atomic E-state index is 12.8. The Morgan fingerprint density at radius 1 is 1.43 bits per heavy atom. The van der Waals surface area contributed by atoms with Crippen molar-refractivity contribution < 1.29 is 18.0 Å². The molecular weight excluding hydrogens is 283 g/mol. The lowest BCUT2D eigenvalue weighted by molar-refractivity contribution is -0.136. The zero-order chi connectivity index (χ0) is 15.6. The summed E-state index contributed by atoms with van der Waals surface area (Å²) in [6, 6.07) is 3.01. The number of rotatable bonds is 1. The molecular formula is C14H18F3N3O. The molecule has 116 valence electrons. The van der Waals surface area contributed by atoms with Gasteiger partial charge in [0.25, 0.3) is 0 Å². The van der Waals surface area contributed by atoms with E-state index >= 15 is 0 Å². The number of benzene rings is 1. The molecule has 1 heterocycles. The summed E-state index contributed by atoms with van der Waals surface area (Å²) >= 11 is 0. The highest BCUT2D eigenvalue weighted by molar-refractivity contribution is 5.89. The molecule has 2 amide bonds. The fourth-order valence-corrected chi connectivity index (χ4v) is 2.46. The fraction of sp³-hybridized carbons (Fsp3) is 0.500. The molecule has 1 atom stereocenters. The van der Waals surface area contributed by atoms with E-state index in [-0.39, 0.29) is 17.4 Å². The van der Waals surface area contributed by atoms with Crippen LogP contribution in [0.2, 0.25) is 0 Å². The lowest BCUT2D eigenvalue weighted by atomic mass is 10.0. The van der Waals surface area contributed by atoms with Crippen molar-refractivity contribution in [1.82, 2.24) is 4.90 Å². The minimum absolute atomic E-state index is 0.0970. The summed E-state index contributed by atoms with van der Waals surface area (Å²) in [6.07, 6.45) is -2.57. The number of amides is 2. The summed E-state index contributed by atoms with van der Waals surface area (Å²) in [5, 5.41) is 2.50. The van der Waals surface area contributed by atoms with Crippen molar-refractivity contribution in [2.24, 2.45) is 5.92 Å². The van der Waals surface area contributed by atoms with E-state index in [9.17, 15) is 18.0 Å². The summed E-state index contributed by atoms with van der Waals surface area (Å²) in [6.45, 7) is 3.29. The number of carbonyl (C=O) groups excluding carboxylic acids is 1. The molecule has 0 saturated carbocycles. The maximum atomic E-state index is 12.8. The molecule has 1 aromatic rings. The second-order valence-electron chi connectivity index (χ2n) is 5.42. The Kier molecular flexibility index (Phi) is 4.29. The number of carbonyl (C=O) groups is 1. The Labute approximate surface area is 121 Å². The lowest BCUT2D eigenvalue weighted by Gasteiger charge is -2.31. The van der Waals surface area contributed by atoms with E-state index in [1.54, 1.807) is 4.90 Å². The van der Waals surface area contributed by atoms with E-state index < -0.39 is 11.7 Å². The van der Waals surface area contributed by atoms with Gasteiger partial charge in [-0.25, -0.2) is 4.79 Å². The molecule has 21 heavy (non-hydrogen) atoms. The van der Waals surface area contributed by atoms with Gasteiger partial charge in [-0.3, -0.25) is 0 Å². The Morgan fingerprint density at radius 2 is 2.14 bits per heavy atom. The molecule has 1 aromatic carbocycles. The van der Waals surface area contributed by atoms with Crippen molar-refractivity contribution in [2.75, 3.05) is 24.1 Å². The first kappa shape index (κ1) is 15.5. The van der Waals surface area contributed by atoms with Crippen LogP contribution in [0.3, 0.4) is 0 Å². The summed E-state index contributed by atoms with van der Waals surface area (Å²) < 4.78 is 38.3. The zero-order valence-corrected chi connectivity index (χ0v) is 11.7. The van der Waals surface area contributed by atoms with Gasteiger partial charge in [0.1, 0.15) is 0 Å². The smallest absolute Gasteiger partial charge is 0.398 e. The summed E-state index contributed by atoms with van der Waals surface area (Å²) in [5.74, 6) is 0.404. The maximum Gasteiger partial charge on any atom is 0.418 e. The van der Waals surface area contributed by atoms with Crippen molar-refractivity contribution >= 4 is 17.4 Å². The van der Waals surface area contributed by atoms with Gasteiger partial charge in [0.2, 0.25) is 0 Å². The van der Waals surface area contributed by atoms with Crippen molar-refractivity contribution in [2.45, 2.75) is 25.9 Å². The second kappa shape index (κ2) is 5.83. The van der Waals surface area contributed by atoms with Crippen LogP contribution >= 0.6 is 0 Å². The van der Waals surface area contributed by atoms with E-state index in [1.165, 1.54) is 6.07 Å². The van der Waals surface area contributed by atoms with Crippen LogP contribution in [0.5, 0.6) is 0 Å². The average molecular weight is 301 g/mol. The number of halogens is 3. The predicted molar refractivity (Wildman–Crippen MR) is 74.8 cm³/mol.